The number of hydrogen-bond donors (Lipinski definition) is 2. The van der Waals surface area contributed by atoms with Crippen LogP contribution in [-0.4, -0.2) is 56.8 Å². The summed E-state index contributed by atoms with van der Waals surface area (Å²) in [6, 6.07) is 6.85. The van der Waals surface area contributed by atoms with Crippen molar-refractivity contribution >= 4 is 51.5 Å². The van der Waals surface area contributed by atoms with Gasteiger partial charge in [-0.15, -0.1) is 17.0 Å². The van der Waals surface area contributed by atoms with Crippen LogP contribution in [0.3, 0.4) is 0 Å². The molecule has 0 saturated carbocycles. The first kappa shape index (κ1) is 18.5. The summed E-state index contributed by atoms with van der Waals surface area (Å²) in [6.45, 7) is 1.02. The summed E-state index contributed by atoms with van der Waals surface area (Å²) in [7, 11) is 1.90. The first-order valence-corrected chi connectivity index (χ1v) is 8.04. The van der Waals surface area contributed by atoms with E-state index < -0.39 is 16.9 Å². The number of rotatable bonds is 3. The van der Waals surface area contributed by atoms with Crippen molar-refractivity contribution in [3.63, 3.8) is 0 Å². The van der Waals surface area contributed by atoms with Crippen LogP contribution in [0.15, 0.2) is 29.3 Å². The van der Waals surface area contributed by atoms with Gasteiger partial charge in [0, 0.05) is 10.6 Å². The second-order valence-electron chi connectivity index (χ2n) is 5.45. The van der Waals surface area contributed by atoms with Gasteiger partial charge in [0.25, 0.3) is 0 Å². The first-order valence-electron chi connectivity index (χ1n) is 6.78. The molecule has 1 aromatic rings. The largest absolute Gasteiger partial charge is 0.481 e. The average Bonchev–Trinajstić information content (AvgIpc) is 2.73. The first-order chi connectivity index (χ1) is 10.4. The quantitative estimate of drug-likeness (QED) is 0.777. The van der Waals surface area contributed by atoms with E-state index in [1.165, 1.54) is 11.8 Å². The predicted octanol–water partition coefficient (Wildman–Crippen LogP) is 2.17. The van der Waals surface area contributed by atoms with Crippen LogP contribution in [0.1, 0.15) is 12.0 Å². The molecule has 2 atom stereocenters. The predicted molar refractivity (Wildman–Crippen MR) is 96.1 cm³/mol. The fourth-order valence-corrected chi connectivity index (χ4v) is 4.22. The summed E-state index contributed by atoms with van der Waals surface area (Å²) in [5.74, 6) is -0.946. The van der Waals surface area contributed by atoms with E-state index in [2.05, 4.69) is 4.99 Å². The van der Waals surface area contributed by atoms with Gasteiger partial charge in [-0.1, -0.05) is 35.5 Å². The molecule has 2 aliphatic rings. The van der Waals surface area contributed by atoms with Gasteiger partial charge in [0.1, 0.15) is 0 Å². The molecule has 6 nitrogen and oxygen atoms in total. The van der Waals surface area contributed by atoms with E-state index in [0.717, 1.165) is 0 Å². The zero-order chi connectivity index (χ0) is 15.9. The van der Waals surface area contributed by atoms with Crippen molar-refractivity contribution in [2.75, 3.05) is 20.4 Å². The molecule has 2 heterocycles. The molecule has 0 aliphatic carbocycles. The number of hydrogen-bond acceptors (Lipinski definition) is 6. The van der Waals surface area contributed by atoms with Crippen LogP contribution in [0.25, 0.3) is 0 Å². The molecule has 0 amide bonds. The van der Waals surface area contributed by atoms with E-state index in [4.69, 9.17) is 16.7 Å². The number of carboxylic acids is 1. The Balaban J connectivity index is 0.00000192. The number of aliphatic carboxylic acids is 1. The van der Waals surface area contributed by atoms with Crippen molar-refractivity contribution in [1.29, 1.82) is 0 Å². The Morgan fingerprint density at radius 1 is 1.48 bits per heavy atom. The van der Waals surface area contributed by atoms with E-state index in [0.29, 0.717) is 29.1 Å². The molecule has 1 aromatic carbocycles. The van der Waals surface area contributed by atoms with E-state index in [1.807, 2.05) is 11.9 Å². The Morgan fingerprint density at radius 3 is 2.74 bits per heavy atom. The number of aliphatic imine (C=N–C) groups is 1. The van der Waals surface area contributed by atoms with Gasteiger partial charge in [0.05, 0.1) is 25.0 Å². The second-order valence-corrected chi connectivity index (χ2v) is 7.05. The molecule has 1 fully saturated rings. The van der Waals surface area contributed by atoms with Crippen LogP contribution in [0.2, 0.25) is 5.02 Å². The van der Waals surface area contributed by atoms with Gasteiger partial charge < -0.3 is 15.1 Å². The van der Waals surface area contributed by atoms with Crippen LogP contribution in [0.5, 0.6) is 0 Å². The van der Waals surface area contributed by atoms with Gasteiger partial charge in [0.15, 0.2) is 10.9 Å². The number of aliphatic hydroxyl groups is 1. The molecule has 126 valence electrons. The second kappa shape index (κ2) is 6.98. The molecule has 3 rings (SSSR count). The summed E-state index contributed by atoms with van der Waals surface area (Å²) in [5, 5.41) is 21.3. The van der Waals surface area contributed by atoms with E-state index in [1.54, 1.807) is 29.2 Å². The minimum atomic E-state index is -1.42. The Kier molecular flexibility index (Phi) is 5.63. The number of amidine groups is 1. The fourth-order valence-electron chi connectivity index (χ4n) is 2.73. The van der Waals surface area contributed by atoms with E-state index >= 15 is 0 Å². The third kappa shape index (κ3) is 3.36. The van der Waals surface area contributed by atoms with Crippen molar-refractivity contribution < 1.29 is 15.0 Å². The molecule has 2 unspecified atom stereocenters. The molecular formula is C14H17BrClN3O3S. The van der Waals surface area contributed by atoms with Crippen LogP contribution in [0, 0.1) is 0 Å². The third-order valence-electron chi connectivity index (χ3n) is 3.80. The molecule has 0 spiro atoms. The zero-order valence-electron chi connectivity index (χ0n) is 12.3. The highest BCUT2D eigenvalue weighted by atomic mass is 79.9. The number of carbonyl (C=O) groups is 1. The summed E-state index contributed by atoms with van der Waals surface area (Å²) in [5.41, 5.74) is -0.794. The zero-order valence-corrected chi connectivity index (χ0v) is 15.6. The van der Waals surface area contributed by atoms with Crippen LogP contribution in [-0.2, 0) is 10.5 Å². The maximum Gasteiger partial charge on any atom is 0.304 e. The summed E-state index contributed by atoms with van der Waals surface area (Å²) >= 11 is 7.23. The lowest BCUT2D eigenvalue weighted by Gasteiger charge is -2.41. The van der Waals surface area contributed by atoms with E-state index in [-0.39, 0.29) is 23.4 Å². The Labute approximate surface area is 153 Å². The van der Waals surface area contributed by atoms with Crippen molar-refractivity contribution in [2.24, 2.45) is 4.99 Å². The molecule has 9 heteroatoms. The maximum atomic E-state index is 11.4. The third-order valence-corrected chi connectivity index (χ3v) is 5.39. The van der Waals surface area contributed by atoms with Gasteiger partial charge in [-0.25, -0.2) is 4.99 Å². The van der Waals surface area contributed by atoms with Gasteiger partial charge in [0.2, 0.25) is 0 Å². The normalized spacial score (nSPS) is 27.2. The maximum absolute atomic E-state index is 11.4. The Morgan fingerprint density at radius 2 is 2.13 bits per heavy atom. The van der Waals surface area contributed by atoms with Gasteiger partial charge >= 0.3 is 5.97 Å². The topological polar surface area (TPSA) is 76.4 Å². The SMILES string of the molecule is Br.CN1CN=C2SC(CC(=O)O)C(O)(c3ccc(Cl)cc3)N2C1. The number of halogens is 2. The Bertz CT molecular complexity index is 630. The molecule has 0 aromatic heterocycles. The molecule has 0 bridgehead atoms. The van der Waals surface area contributed by atoms with Crippen molar-refractivity contribution in [3.8, 4) is 0 Å². The summed E-state index contributed by atoms with van der Waals surface area (Å²) in [4.78, 5) is 19.3. The van der Waals surface area contributed by atoms with Crippen molar-refractivity contribution in [1.82, 2.24) is 9.80 Å². The highest BCUT2D eigenvalue weighted by molar-refractivity contribution is 8.93. The summed E-state index contributed by atoms with van der Waals surface area (Å²) in [6.07, 6.45) is -0.150. The van der Waals surface area contributed by atoms with Crippen molar-refractivity contribution in [3.05, 3.63) is 34.9 Å². The minimum absolute atomic E-state index is 0. The van der Waals surface area contributed by atoms with E-state index in [9.17, 15) is 9.90 Å². The number of nitrogens with zero attached hydrogens (tertiary/aromatic N) is 3. The number of benzene rings is 1. The lowest BCUT2D eigenvalue weighted by Crippen LogP contribution is -2.54. The fraction of sp³-hybridized carbons (Fsp3) is 0.429. The average molecular weight is 423 g/mol. The number of fused-ring (bicyclic) bond motifs is 1. The highest BCUT2D eigenvalue weighted by Crippen LogP contribution is 2.47. The number of carboxylic acid groups (broad SMARTS) is 1. The summed E-state index contributed by atoms with van der Waals surface area (Å²) < 4.78 is 0. The molecule has 2 N–H and O–H groups in total. The lowest BCUT2D eigenvalue weighted by molar-refractivity contribution is -0.141. The molecule has 1 saturated heterocycles. The van der Waals surface area contributed by atoms with Crippen molar-refractivity contribution in [2.45, 2.75) is 17.4 Å². The van der Waals surface area contributed by atoms with Crippen LogP contribution < -0.4 is 0 Å². The lowest BCUT2D eigenvalue weighted by atomic mass is 9.95. The Hall–Kier alpha value is -0.800. The molecule has 0 radical (unpaired) electrons. The smallest absolute Gasteiger partial charge is 0.304 e. The highest BCUT2D eigenvalue weighted by Gasteiger charge is 2.54. The number of thioether (sulfide) groups is 1. The van der Waals surface area contributed by atoms with Gasteiger partial charge in [-0.05, 0) is 19.2 Å². The monoisotopic (exact) mass is 421 g/mol. The van der Waals surface area contributed by atoms with Gasteiger partial charge in [-0.3, -0.25) is 9.69 Å². The van der Waals surface area contributed by atoms with Crippen LogP contribution >= 0.6 is 40.3 Å². The van der Waals surface area contributed by atoms with Gasteiger partial charge in [-0.2, -0.15) is 0 Å². The van der Waals surface area contributed by atoms with Crippen LogP contribution in [0.4, 0.5) is 0 Å². The standard InChI is InChI=1S/C14H16ClN3O3S.BrH/c1-17-7-16-13-18(8-17)14(21,11(22-13)6-12(19)20)9-2-4-10(15)5-3-9;/h2-5,11,21H,6-8H2,1H3,(H,19,20);1H. The molecule has 2 aliphatic heterocycles. The minimum Gasteiger partial charge on any atom is -0.481 e. The molecular weight excluding hydrogens is 406 g/mol. The molecule has 23 heavy (non-hydrogen) atoms.